The van der Waals surface area contributed by atoms with Crippen molar-refractivity contribution < 1.29 is 47.1 Å². The fourth-order valence-corrected chi connectivity index (χ4v) is 6.04. The van der Waals surface area contributed by atoms with Crippen LogP contribution >= 0.6 is 18.2 Å². The second kappa shape index (κ2) is 13.4. The molecule has 0 radical (unpaired) electrons. The lowest BCUT2D eigenvalue weighted by molar-refractivity contribution is -0.870. The highest BCUT2D eigenvalue weighted by Gasteiger charge is 2.43. The van der Waals surface area contributed by atoms with Gasteiger partial charge in [-0.25, -0.2) is 4.57 Å². The number of aliphatic carboxylic acids is 1. The average Bonchev–Trinajstić information content (AvgIpc) is 2.70. The number of rotatable bonds is 10. The van der Waals surface area contributed by atoms with Crippen LogP contribution < -0.4 is 10.6 Å². The number of hydrogen-bond donors (Lipinski definition) is 3. The molecule has 0 saturated carbocycles. The van der Waals surface area contributed by atoms with Crippen LogP contribution in [-0.2, 0) is 37.5 Å². The van der Waals surface area contributed by atoms with Crippen LogP contribution in [-0.4, -0.2) is 99.2 Å². The quantitative estimate of drug-likeness (QED) is 0.213. The van der Waals surface area contributed by atoms with Crippen LogP contribution in [0.3, 0.4) is 0 Å². The molecular formula is C20H37N3O9PS+. The topological polar surface area (TPSA) is 157 Å². The Morgan fingerprint density at radius 1 is 1.21 bits per heavy atom. The fraction of sp³-hybridized carbons (Fsp3) is 0.800. The molecule has 0 aromatic carbocycles. The molecule has 196 valence electrons. The first-order chi connectivity index (χ1) is 15.6. The first-order valence-corrected chi connectivity index (χ1v) is 14.1. The zero-order valence-corrected chi connectivity index (χ0v) is 22.2. The van der Waals surface area contributed by atoms with E-state index in [-0.39, 0.29) is 57.2 Å². The van der Waals surface area contributed by atoms with Gasteiger partial charge in [0.2, 0.25) is 11.8 Å². The molecule has 1 saturated heterocycles. The molecule has 1 aliphatic rings. The molecule has 0 aromatic heterocycles. The van der Waals surface area contributed by atoms with Crippen molar-refractivity contribution in [3.05, 3.63) is 0 Å². The van der Waals surface area contributed by atoms with Gasteiger partial charge in [0.1, 0.15) is 13.2 Å². The Morgan fingerprint density at radius 3 is 2.50 bits per heavy atom. The Morgan fingerprint density at radius 2 is 1.88 bits per heavy atom. The number of ether oxygens (including phenoxy) is 1. The second-order valence-corrected chi connectivity index (χ2v) is 13.7. The highest BCUT2D eigenvalue weighted by Crippen LogP contribution is 2.62. The molecule has 2 amide bonds. The van der Waals surface area contributed by atoms with Gasteiger partial charge in [-0.15, -0.1) is 0 Å². The smallest absolute Gasteiger partial charge is 0.390 e. The van der Waals surface area contributed by atoms with Crippen molar-refractivity contribution in [2.45, 2.75) is 39.2 Å². The predicted octanol–water partition coefficient (Wildman–Crippen LogP) is 1.01. The van der Waals surface area contributed by atoms with Crippen LogP contribution in [0.1, 0.15) is 33.1 Å². The first-order valence-electron chi connectivity index (χ1n) is 10.9. The molecule has 0 aromatic rings. The lowest BCUT2D eigenvalue weighted by Gasteiger charge is -2.35. The molecule has 0 spiro atoms. The number of carboxylic acids is 1. The van der Waals surface area contributed by atoms with E-state index < -0.39 is 36.2 Å². The zero-order chi connectivity index (χ0) is 26.0. The van der Waals surface area contributed by atoms with Crippen LogP contribution in [0.5, 0.6) is 0 Å². The van der Waals surface area contributed by atoms with Gasteiger partial charge in [0.05, 0.1) is 40.6 Å². The van der Waals surface area contributed by atoms with Crippen LogP contribution in [0.15, 0.2) is 0 Å². The number of carboxylic acid groups (broad SMARTS) is 1. The molecule has 1 fully saturated rings. The largest absolute Gasteiger partial charge is 0.481 e. The molecular weight excluding hydrogens is 489 g/mol. The number of quaternary nitrogens is 1. The van der Waals surface area contributed by atoms with Gasteiger partial charge in [0.15, 0.2) is 6.10 Å². The van der Waals surface area contributed by atoms with Gasteiger partial charge in [-0.05, 0) is 11.4 Å². The van der Waals surface area contributed by atoms with Gasteiger partial charge in [0, 0.05) is 30.7 Å². The maximum Gasteiger partial charge on any atom is 0.390 e. The Hall–Kier alpha value is -1.66. The summed E-state index contributed by atoms with van der Waals surface area (Å²) >= 11 is 0.885. The number of esters is 1. The van der Waals surface area contributed by atoms with E-state index in [0.29, 0.717) is 11.0 Å². The summed E-state index contributed by atoms with van der Waals surface area (Å²) in [6.45, 7) is -0.0115. The summed E-state index contributed by atoms with van der Waals surface area (Å²) in [5, 5.41) is 14.0. The minimum Gasteiger partial charge on any atom is -0.481 e. The van der Waals surface area contributed by atoms with Gasteiger partial charge in [-0.3, -0.25) is 28.2 Å². The van der Waals surface area contributed by atoms with Crippen LogP contribution in [0.4, 0.5) is 0 Å². The molecule has 12 nitrogen and oxygen atoms in total. The lowest BCUT2D eigenvalue weighted by atomic mass is 9.87. The summed E-state index contributed by atoms with van der Waals surface area (Å²) in [7, 11) is 5.84. The molecule has 3 N–H and O–H groups in total. The average molecular weight is 527 g/mol. The van der Waals surface area contributed by atoms with Gasteiger partial charge >= 0.3 is 18.7 Å². The van der Waals surface area contributed by atoms with Crippen molar-refractivity contribution >= 4 is 41.9 Å². The monoisotopic (exact) mass is 526 g/mol. The molecule has 0 bridgehead atoms. The van der Waals surface area contributed by atoms with Crippen molar-refractivity contribution in [2.75, 3.05) is 59.7 Å². The molecule has 1 heterocycles. The third-order valence-corrected chi connectivity index (χ3v) is 8.41. The molecule has 1 rings (SSSR count). The van der Waals surface area contributed by atoms with Gasteiger partial charge < -0.3 is 25.0 Å². The molecule has 1 unspecified atom stereocenters. The third-order valence-electron chi connectivity index (χ3n) is 4.67. The molecule has 2 atom stereocenters. The Kier molecular flexibility index (Phi) is 12.0. The van der Waals surface area contributed by atoms with E-state index in [9.17, 15) is 23.7 Å². The SMILES string of the molecule is CC(C)(COC(=O)CCC(=O)O)[C@H]1OP(=O)(OCC[N+](C)(C)C)SCCNC(=O)CCNC1=O. The summed E-state index contributed by atoms with van der Waals surface area (Å²) in [4.78, 5) is 47.5. The number of nitrogens with zero attached hydrogens (tertiary/aromatic N) is 1. The summed E-state index contributed by atoms with van der Waals surface area (Å²) in [5.74, 6) is -2.52. The van der Waals surface area contributed by atoms with Crippen LogP contribution in [0, 0.1) is 5.41 Å². The summed E-state index contributed by atoms with van der Waals surface area (Å²) < 4.78 is 30.8. The molecule has 0 aliphatic carbocycles. The number of carbonyl (C=O) groups is 4. The Labute approximate surface area is 204 Å². The van der Waals surface area contributed by atoms with E-state index in [1.165, 1.54) is 0 Å². The van der Waals surface area contributed by atoms with E-state index in [2.05, 4.69) is 10.6 Å². The van der Waals surface area contributed by atoms with Gasteiger partial charge in [-0.1, -0.05) is 13.8 Å². The zero-order valence-electron chi connectivity index (χ0n) is 20.5. The van der Waals surface area contributed by atoms with Crippen LogP contribution in [0.25, 0.3) is 0 Å². The van der Waals surface area contributed by atoms with E-state index in [1.54, 1.807) is 13.8 Å². The van der Waals surface area contributed by atoms with E-state index in [0.717, 1.165) is 11.4 Å². The highest BCUT2D eigenvalue weighted by atomic mass is 32.7. The number of amides is 2. The molecule has 1 aliphatic heterocycles. The van der Waals surface area contributed by atoms with Gasteiger partial charge in [-0.2, -0.15) is 0 Å². The number of carbonyl (C=O) groups excluding carboxylic acids is 3. The van der Waals surface area contributed by atoms with E-state index in [1.807, 2.05) is 21.1 Å². The second-order valence-electron chi connectivity index (χ2n) is 9.55. The van der Waals surface area contributed by atoms with Crippen molar-refractivity contribution in [3.63, 3.8) is 0 Å². The van der Waals surface area contributed by atoms with E-state index in [4.69, 9.17) is 18.9 Å². The standard InChI is InChI=1S/C20H36N3O9PS/c1-20(2,14-30-17(27)7-6-16(25)26)18-19(28)22-9-8-15(24)21-10-13-34-33(29,32-18)31-12-11-23(3,4)5/h18H,6-14H2,1-5H3,(H2-,21,22,24,25,26,28)/p+1/t18-,33?/m0/s1. The number of nitrogens with one attached hydrogen (secondary N) is 2. The summed E-state index contributed by atoms with van der Waals surface area (Å²) in [5.41, 5.74) is -1.14. The maximum atomic E-state index is 13.6. The summed E-state index contributed by atoms with van der Waals surface area (Å²) in [6, 6.07) is 0. The molecule has 34 heavy (non-hydrogen) atoms. The highest BCUT2D eigenvalue weighted by molar-refractivity contribution is 8.55. The van der Waals surface area contributed by atoms with Gasteiger partial charge in [0.25, 0.3) is 0 Å². The minimum atomic E-state index is -3.86. The Bertz CT molecular complexity index is 786. The van der Waals surface area contributed by atoms with Crippen molar-refractivity contribution in [2.24, 2.45) is 5.41 Å². The minimum absolute atomic E-state index is 0.0405. The number of likely N-dealkylation sites (N-methyl/N-ethyl adjacent to an activating group) is 1. The maximum absolute atomic E-state index is 13.6. The van der Waals surface area contributed by atoms with Crippen molar-refractivity contribution in [3.8, 4) is 0 Å². The normalized spacial score (nSPS) is 23.1. The molecule has 14 heteroatoms. The van der Waals surface area contributed by atoms with Crippen molar-refractivity contribution in [1.29, 1.82) is 0 Å². The van der Waals surface area contributed by atoms with Crippen molar-refractivity contribution in [1.82, 2.24) is 10.6 Å². The summed E-state index contributed by atoms with van der Waals surface area (Å²) in [6.07, 6.45) is -1.97. The Balaban J connectivity index is 3.06. The van der Waals surface area contributed by atoms with E-state index >= 15 is 0 Å². The fourth-order valence-electron chi connectivity index (χ4n) is 2.65. The first kappa shape index (κ1) is 30.4. The third kappa shape index (κ3) is 12.2. The number of hydrogen-bond acceptors (Lipinski definition) is 9. The predicted molar refractivity (Wildman–Crippen MR) is 126 cm³/mol. The lowest BCUT2D eigenvalue weighted by Crippen LogP contribution is -2.48. The van der Waals surface area contributed by atoms with Crippen LogP contribution in [0.2, 0.25) is 0 Å².